The first-order valence-corrected chi connectivity index (χ1v) is 5.13. The normalized spacial score (nSPS) is 22.5. The van der Waals surface area contributed by atoms with E-state index in [2.05, 4.69) is 14.9 Å². The molecule has 15 heavy (non-hydrogen) atoms. The molecule has 0 saturated carbocycles. The molecular formula is C10H15N3O2. The Morgan fingerprint density at radius 1 is 1.47 bits per heavy atom. The third kappa shape index (κ3) is 2.64. The fraction of sp³-hybridized carbons (Fsp3) is 0.600. The summed E-state index contributed by atoms with van der Waals surface area (Å²) in [5.74, 6) is 0.875. The summed E-state index contributed by atoms with van der Waals surface area (Å²) in [6, 6.07) is 0. The van der Waals surface area contributed by atoms with Gasteiger partial charge in [0.2, 0.25) is 0 Å². The quantitative estimate of drug-likeness (QED) is 0.746. The Balaban J connectivity index is 2.00. The molecule has 1 aromatic heterocycles. The summed E-state index contributed by atoms with van der Waals surface area (Å²) in [6.07, 6.45) is 5.89. The number of ether oxygens (including phenoxy) is 1. The van der Waals surface area contributed by atoms with Gasteiger partial charge in [-0.2, -0.15) is 0 Å². The smallest absolute Gasteiger partial charge is 0.147 e. The Hall–Kier alpha value is -1.20. The largest absolute Gasteiger partial charge is 0.394 e. The molecule has 2 heterocycles. The molecule has 0 spiro atoms. The fourth-order valence-electron chi connectivity index (χ4n) is 1.65. The highest BCUT2D eigenvalue weighted by Crippen LogP contribution is 2.13. The maximum absolute atomic E-state index is 9.00. The Bertz CT molecular complexity index is 294. The van der Waals surface area contributed by atoms with Crippen LogP contribution in [0.5, 0.6) is 0 Å². The molecule has 2 rings (SSSR count). The number of anilines is 1. The van der Waals surface area contributed by atoms with E-state index in [9.17, 15) is 0 Å². The number of nitrogens with zero attached hydrogens (tertiary/aromatic N) is 3. The molecule has 1 unspecified atom stereocenters. The van der Waals surface area contributed by atoms with Crippen molar-refractivity contribution < 1.29 is 9.84 Å². The SMILES string of the molecule is OCC1CCN(c2cnccn2)CCO1. The van der Waals surface area contributed by atoms with Gasteiger partial charge in [-0.15, -0.1) is 0 Å². The van der Waals surface area contributed by atoms with Crippen molar-refractivity contribution in [2.75, 3.05) is 31.2 Å². The molecule has 1 aliphatic heterocycles. The van der Waals surface area contributed by atoms with Crippen molar-refractivity contribution in [1.82, 2.24) is 9.97 Å². The van der Waals surface area contributed by atoms with E-state index in [1.807, 2.05) is 0 Å². The van der Waals surface area contributed by atoms with Crippen LogP contribution in [0.2, 0.25) is 0 Å². The average molecular weight is 209 g/mol. The highest BCUT2D eigenvalue weighted by molar-refractivity contribution is 5.34. The molecule has 0 aliphatic carbocycles. The van der Waals surface area contributed by atoms with E-state index in [0.717, 1.165) is 25.3 Å². The van der Waals surface area contributed by atoms with E-state index in [1.54, 1.807) is 18.6 Å². The Kier molecular flexibility index (Phi) is 3.47. The molecule has 1 saturated heterocycles. The summed E-state index contributed by atoms with van der Waals surface area (Å²) < 4.78 is 5.46. The van der Waals surface area contributed by atoms with Gasteiger partial charge in [-0.3, -0.25) is 4.98 Å². The number of aliphatic hydroxyl groups is 1. The number of hydrogen-bond acceptors (Lipinski definition) is 5. The van der Waals surface area contributed by atoms with Gasteiger partial charge in [0.05, 0.1) is 25.5 Å². The van der Waals surface area contributed by atoms with Crippen LogP contribution < -0.4 is 4.90 Å². The zero-order chi connectivity index (χ0) is 10.5. The molecular weight excluding hydrogens is 194 g/mol. The lowest BCUT2D eigenvalue weighted by atomic mass is 10.2. The summed E-state index contributed by atoms with van der Waals surface area (Å²) in [5.41, 5.74) is 0. The van der Waals surface area contributed by atoms with Gasteiger partial charge in [0.1, 0.15) is 5.82 Å². The van der Waals surface area contributed by atoms with Gasteiger partial charge in [-0.05, 0) is 6.42 Å². The second-order valence-corrected chi connectivity index (χ2v) is 3.51. The van der Waals surface area contributed by atoms with Crippen LogP contribution in [0.15, 0.2) is 18.6 Å². The van der Waals surface area contributed by atoms with E-state index in [4.69, 9.17) is 9.84 Å². The monoisotopic (exact) mass is 209 g/mol. The van der Waals surface area contributed by atoms with Gasteiger partial charge < -0.3 is 14.7 Å². The maximum Gasteiger partial charge on any atom is 0.147 e. The van der Waals surface area contributed by atoms with Gasteiger partial charge in [0, 0.05) is 25.5 Å². The van der Waals surface area contributed by atoms with Gasteiger partial charge >= 0.3 is 0 Å². The van der Waals surface area contributed by atoms with Crippen LogP contribution in [0.3, 0.4) is 0 Å². The van der Waals surface area contributed by atoms with Crippen LogP contribution in [0, 0.1) is 0 Å². The molecule has 1 N–H and O–H groups in total. The summed E-state index contributed by atoms with van der Waals surface area (Å²) in [6.45, 7) is 2.37. The average Bonchev–Trinajstić information content (AvgIpc) is 2.55. The van der Waals surface area contributed by atoms with Crippen molar-refractivity contribution >= 4 is 5.82 Å². The van der Waals surface area contributed by atoms with Crippen LogP contribution in [0.4, 0.5) is 5.82 Å². The highest BCUT2D eigenvalue weighted by atomic mass is 16.5. The molecule has 82 valence electrons. The summed E-state index contributed by atoms with van der Waals surface area (Å²) >= 11 is 0. The Labute approximate surface area is 88.7 Å². The summed E-state index contributed by atoms with van der Waals surface area (Å²) in [7, 11) is 0. The lowest BCUT2D eigenvalue weighted by molar-refractivity contribution is 0.0222. The molecule has 1 aromatic rings. The number of aliphatic hydroxyl groups excluding tert-OH is 1. The van der Waals surface area contributed by atoms with Crippen LogP contribution in [0.25, 0.3) is 0 Å². The molecule has 1 fully saturated rings. The van der Waals surface area contributed by atoms with Crippen LogP contribution >= 0.6 is 0 Å². The van der Waals surface area contributed by atoms with Crippen LogP contribution in [-0.2, 0) is 4.74 Å². The van der Waals surface area contributed by atoms with Crippen LogP contribution in [-0.4, -0.2) is 47.5 Å². The molecule has 0 radical (unpaired) electrons. The predicted molar refractivity (Wildman–Crippen MR) is 55.7 cm³/mol. The number of rotatable bonds is 2. The van der Waals surface area contributed by atoms with E-state index in [0.29, 0.717) is 6.61 Å². The third-order valence-corrected chi connectivity index (χ3v) is 2.51. The Morgan fingerprint density at radius 2 is 2.40 bits per heavy atom. The standard InChI is InChI=1S/C10H15N3O2/c14-8-9-1-4-13(5-6-15-9)10-7-11-2-3-12-10/h2-3,7,9,14H,1,4-6,8H2. The van der Waals surface area contributed by atoms with Crippen molar-refractivity contribution in [3.63, 3.8) is 0 Å². The zero-order valence-electron chi connectivity index (χ0n) is 8.54. The third-order valence-electron chi connectivity index (χ3n) is 2.51. The van der Waals surface area contributed by atoms with Crippen molar-refractivity contribution in [1.29, 1.82) is 0 Å². The second-order valence-electron chi connectivity index (χ2n) is 3.51. The maximum atomic E-state index is 9.00. The van der Waals surface area contributed by atoms with E-state index < -0.39 is 0 Å². The minimum absolute atomic E-state index is 0.0355. The van der Waals surface area contributed by atoms with Gasteiger partial charge in [-0.1, -0.05) is 0 Å². The molecule has 0 bridgehead atoms. The first kappa shape index (κ1) is 10.3. The first-order valence-electron chi connectivity index (χ1n) is 5.13. The highest BCUT2D eigenvalue weighted by Gasteiger charge is 2.17. The Morgan fingerprint density at radius 3 is 3.13 bits per heavy atom. The van der Waals surface area contributed by atoms with Crippen molar-refractivity contribution in [2.45, 2.75) is 12.5 Å². The summed E-state index contributed by atoms with van der Waals surface area (Å²) in [5, 5.41) is 9.00. The van der Waals surface area contributed by atoms with Gasteiger partial charge in [0.15, 0.2) is 0 Å². The molecule has 5 heteroatoms. The van der Waals surface area contributed by atoms with Crippen LogP contribution in [0.1, 0.15) is 6.42 Å². The first-order chi connectivity index (χ1) is 7.40. The lowest BCUT2D eigenvalue weighted by Crippen LogP contribution is -2.27. The number of aromatic nitrogens is 2. The molecule has 1 aliphatic rings. The minimum atomic E-state index is -0.0355. The van der Waals surface area contributed by atoms with Gasteiger partial charge in [-0.25, -0.2) is 4.98 Å². The molecule has 5 nitrogen and oxygen atoms in total. The zero-order valence-corrected chi connectivity index (χ0v) is 8.54. The fourth-order valence-corrected chi connectivity index (χ4v) is 1.65. The number of hydrogen-bond donors (Lipinski definition) is 1. The molecule has 1 atom stereocenters. The van der Waals surface area contributed by atoms with Crippen molar-refractivity contribution in [3.05, 3.63) is 18.6 Å². The lowest BCUT2D eigenvalue weighted by Gasteiger charge is -2.19. The van der Waals surface area contributed by atoms with E-state index >= 15 is 0 Å². The van der Waals surface area contributed by atoms with E-state index in [1.165, 1.54) is 0 Å². The minimum Gasteiger partial charge on any atom is -0.394 e. The second kappa shape index (κ2) is 5.04. The molecule has 0 amide bonds. The van der Waals surface area contributed by atoms with E-state index in [-0.39, 0.29) is 12.7 Å². The molecule has 0 aromatic carbocycles. The van der Waals surface area contributed by atoms with Gasteiger partial charge in [0.25, 0.3) is 0 Å². The van der Waals surface area contributed by atoms with Crippen molar-refractivity contribution in [2.24, 2.45) is 0 Å². The topological polar surface area (TPSA) is 58.5 Å². The summed E-state index contributed by atoms with van der Waals surface area (Å²) in [4.78, 5) is 10.4. The predicted octanol–water partition coefficient (Wildman–Crippen LogP) is 0.0642. The van der Waals surface area contributed by atoms with Crippen molar-refractivity contribution in [3.8, 4) is 0 Å².